The van der Waals surface area contributed by atoms with Crippen molar-refractivity contribution in [2.24, 2.45) is 0 Å². The Balaban J connectivity index is 0.00000481. The summed E-state index contributed by atoms with van der Waals surface area (Å²) in [6.07, 6.45) is -4.95. The molecule has 3 aromatic carbocycles. The zero-order valence-electron chi connectivity index (χ0n) is 20.9. The van der Waals surface area contributed by atoms with Gasteiger partial charge in [0.15, 0.2) is 0 Å². The standard InChI is InChI=1S/C27H27F3N2O4.Na/c1-3-32(26(35)31-16-18-7-5-4-6-8-18)17-20-15-21(27(28,29)30)10-11-22(20)23-13-19(14-25(33)34)9-12-24(23)36-2;/h4-13,15H,3,14,16-17H2,1-2H3,(H,31,35)(H,33,34);/q;+1/p-1. The summed E-state index contributed by atoms with van der Waals surface area (Å²) in [7, 11) is 1.41. The van der Waals surface area contributed by atoms with Crippen LogP contribution in [0.5, 0.6) is 5.75 Å². The van der Waals surface area contributed by atoms with Crippen molar-refractivity contribution < 1.29 is 62.2 Å². The number of nitrogens with one attached hydrogen (secondary N) is 1. The summed E-state index contributed by atoms with van der Waals surface area (Å²) in [6, 6.07) is 16.8. The molecule has 10 heteroatoms. The van der Waals surface area contributed by atoms with Gasteiger partial charge in [-0.05, 0) is 53.4 Å². The molecule has 1 N–H and O–H groups in total. The van der Waals surface area contributed by atoms with E-state index in [1.165, 1.54) is 18.1 Å². The molecular formula is C27H26F3N2NaO4. The normalized spacial score (nSPS) is 10.8. The van der Waals surface area contributed by atoms with E-state index in [0.717, 1.165) is 17.7 Å². The Morgan fingerprint density at radius 2 is 1.68 bits per heavy atom. The SMILES string of the molecule is CCN(Cc1cc(C(F)(F)F)ccc1-c1cc(CC(=O)[O-])ccc1OC)C(=O)NCc1ccccc1.[Na+]. The molecule has 0 atom stereocenters. The van der Waals surface area contributed by atoms with Gasteiger partial charge in [-0.1, -0.05) is 42.5 Å². The van der Waals surface area contributed by atoms with Crippen LogP contribution in [0.2, 0.25) is 0 Å². The molecule has 0 bridgehead atoms. The number of nitrogens with zero attached hydrogens (tertiary/aromatic N) is 1. The predicted octanol–water partition coefficient (Wildman–Crippen LogP) is 1.41. The minimum Gasteiger partial charge on any atom is -0.550 e. The van der Waals surface area contributed by atoms with Gasteiger partial charge in [-0.15, -0.1) is 0 Å². The Bertz CT molecular complexity index is 1220. The molecular weight excluding hydrogens is 496 g/mol. The number of halogens is 3. The first-order chi connectivity index (χ1) is 17.1. The molecule has 0 spiro atoms. The number of carboxylic acids is 1. The molecule has 0 saturated heterocycles. The molecule has 0 aliphatic heterocycles. The van der Waals surface area contributed by atoms with Crippen LogP contribution in [0.25, 0.3) is 11.1 Å². The van der Waals surface area contributed by atoms with Crippen LogP contribution >= 0.6 is 0 Å². The zero-order valence-corrected chi connectivity index (χ0v) is 22.9. The Morgan fingerprint density at radius 3 is 2.27 bits per heavy atom. The molecule has 190 valence electrons. The van der Waals surface area contributed by atoms with E-state index in [0.29, 0.717) is 22.4 Å². The van der Waals surface area contributed by atoms with Crippen LogP contribution in [0.1, 0.15) is 29.2 Å². The van der Waals surface area contributed by atoms with Crippen molar-refractivity contribution in [1.82, 2.24) is 10.2 Å². The number of hydrogen-bond acceptors (Lipinski definition) is 4. The minimum atomic E-state index is -4.58. The third-order valence-electron chi connectivity index (χ3n) is 5.65. The van der Waals surface area contributed by atoms with Crippen molar-refractivity contribution >= 4 is 12.0 Å². The van der Waals surface area contributed by atoms with Crippen LogP contribution in [0, 0.1) is 0 Å². The molecule has 6 nitrogen and oxygen atoms in total. The summed E-state index contributed by atoms with van der Waals surface area (Å²) >= 11 is 0. The number of carbonyl (C=O) groups is 2. The first kappa shape index (κ1) is 30.2. The summed E-state index contributed by atoms with van der Waals surface area (Å²) in [4.78, 5) is 25.4. The fraction of sp³-hybridized carbons (Fsp3) is 0.259. The third-order valence-corrected chi connectivity index (χ3v) is 5.65. The Kier molecular flexibility index (Phi) is 11.0. The second-order valence-electron chi connectivity index (χ2n) is 8.11. The molecule has 0 aliphatic carbocycles. The molecule has 0 heterocycles. The van der Waals surface area contributed by atoms with Crippen LogP contribution in [0.3, 0.4) is 0 Å². The van der Waals surface area contributed by atoms with Crippen LogP contribution in [0.15, 0.2) is 66.7 Å². The average molecular weight is 522 g/mol. The third kappa shape index (κ3) is 8.24. The van der Waals surface area contributed by atoms with Gasteiger partial charge in [0.05, 0.1) is 12.7 Å². The number of carbonyl (C=O) groups excluding carboxylic acids is 2. The molecule has 2 amide bonds. The van der Waals surface area contributed by atoms with Gasteiger partial charge in [0.25, 0.3) is 0 Å². The smallest absolute Gasteiger partial charge is 0.550 e. The molecule has 0 fully saturated rings. The van der Waals surface area contributed by atoms with Crippen molar-refractivity contribution in [3.63, 3.8) is 0 Å². The molecule has 0 unspecified atom stereocenters. The van der Waals surface area contributed by atoms with Crippen LogP contribution < -0.4 is 44.7 Å². The summed E-state index contributed by atoms with van der Waals surface area (Å²) in [5.74, 6) is -0.930. The molecule has 37 heavy (non-hydrogen) atoms. The molecule has 3 rings (SSSR count). The maximum Gasteiger partial charge on any atom is 1.00 e. The number of urea groups is 1. The summed E-state index contributed by atoms with van der Waals surface area (Å²) in [5, 5.41) is 13.9. The van der Waals surface area contributed by atoms with E-state index in [4.69, 9.17) is 4.74 Å². The molecule has 0 saturated carbocycles. The summed E-state index contributed by atoms with van der Waals surface area (Å²) in [5.41, 5.74) is 1.49. The van der Waals surface area contributed by atoms with Crippen LogP contribution in [0.4, 0.5) is 18.0 Å². The monoisotopic (exact) mass is 522 g/mol. The Hall–Kier alpha value is -3.01. The van der Waals surface area contributed by atoms with E-state index < -0.39 is 23.7 Å². The van der Waals surface area contributed by atoms with Gasteiger partial charge >= 0.3 is 41.8 Å². The maximum absolute atomic E-state index is 13.6. The largest absolute Gasteiger partial charge is 1.00 e. The van der Waals surface area contributed by atoms with Gasteiger partial charge in [0.1, 0.15) is 5.75 Å². The van der Waals surface area contributed by atoms with Crippen molar-refractivity contribution in [3.8, 4) is 16.9 Å². The number of methoxy groups -OCH3 is 1. The van der Waals surface area contributed by atoms with Gasteiger partial charge in [0, 0.05) is 37.6 Å². The number of benzene rings is 3. The van der Waals surface area contributed by atoms with Crippen molar-refractivity contribution in [1.29, 1.82) is 0 Å². The van der Waals surface area contributed by atoms with Crippen molar-refractivity contribution in [2.45, 2.75) is 32.6 Å². The number of aliphatic carboxylic acids is 1. The van der Waals surface area contributed by atoms with Gasteiger partial charge in [-0.3, -0.25) is 0 Å². The Morgan fingerprint density at radius 1 is 0.973 bits per heavy atom. The maximum atomic E-state index is 13.6. The number of amides is 2. The summed E-state index contributed by atoms with van der Waals surface area (Å²) < 4.78 is 46.1. The van der Waals surface area contributed by atoms with Gasteiger partial charge in [0.2, 0.25) is 0 Å². The van der Waals surface area contributed by atoms with Crippen LogP contribution in [-0.4, -0.2) is 30.6 Å². The molecule has 0 aliphatic rings. The second kappa shape index (κ2) is 13.5. The molecule has 3 aromatic rings. The van der Waals surface area contributed by atoms with E-state index >= 15 is 0 Å². The second-order valence-corrected chi connectivity index (χ2v) is 8.11. The average Bonchev–Trinajstić information content (AvgIpc) is 2.85. The first-order valence-electron chi connectivity index (χ1n) is 11.3. The Labute approximate surface area is 235 Å². The van der Waals surface area contributed by atoms with Gasteiger partial charge in [-0.2, -0.15) is 13.2 Å². The van der Waals surface area contributed by atoms with Crippen molar-refractivity contribution in [3.05, 3.63) is 89.0 Å². The minimum absolute atomic E-state index is 0. The van der Waals surface area contributed by atoms with E-state index in [2.05, 4.69) is 5.32 Å². The molecule has 0 aromatic heterocycles. The zero-order chi connectivity index (χ0) is 26.3. The van der Waals surface area contributed by atoms with Gasteiger partial charge < -0.3 is 24.9 Å². The summed E-state index contributed by atoms with van der Waals surface area (Å²) in [6.45, 7) is 2.14. The quantitative estimate of drug-likeness (QED) is 0.431. The van der Waals surface area contributed by atoms with Crippen molar-refractivity contribution in [2.75, 3.05) is 13.7 Å². The van der Waals surface area contributed by atoms with Gasteiger partial charge in [-0.25, -0.2) is 4.79 Å². The number of rotatable bonds is 9. The predicted molar refractivity (Wildman–Crippen MR) is 127 cm³/mol. The number of alkyl halides is 3. The fourth-order valence-corrected chi connectivity index (χ4v) is 3.82. The van der Waals surface area contributed by atoms with E-state index in [9.17, 15) is 27.9 Å². The fourth-order valence-electron chi connectivity index (χ4n) is 3.82. The van der Waals surface area contributed by atoms with E-state index in [1.807, 2.05) is 30.3 Å². The number of ether oxygens (including phenoxy) is 1. The van der Waals surface area contributed by atoms with Crippen LogP contribution in [-0.2, 0) is 30.5 Å². The van der Waals surface area contributed by atoms with E-state index in [-0.39, 0.29) is 61.2 Å². The number of hydrogen-bond donors (Lipinski definition) is 1. The number of carboxylic acid groups (broad SMARTS) is 1. The first-order valence-corrected chi connectivity index (χ1v) is 11.3. The topological polar surface area (TPSA) is 81.7 Å². The molecule has 0 radical (unpaired) electrons. The van der Waals surface area contributed by atoms with E-state index in [1.54, 1.807) is 25.1 Å².